The largest absolute Gasteiger partial charge is 0.349 e. The van der Waals surface area contributed by atoms with E-state index in [-0.39, 0.29) is 50.0 Å². The first kappa shape index (κ1) is 25.9. The zero-order valence-corrected chi connectivity index (χ0v) is 20.0. The molecule has 35 heavy (non-hydrogen) atoms. The van der Waals surface area contributed by atoms with Gasteiger partial charge in [0.15, 0.2) is 5.65 Å². The van der Waals surface area contributed by atoms with Crippen LogP contribution in [-0.2, 0) is 11.3 Å². The van der Waals surface area contributed by atoms with Crippen molar-refractivity contribution in [1.29, 1.82) is 0 Å². The Hall–Kier alpha value is -2.23. The van der Waals surface area contributed by atoms with Crippen LogP contribution in [0.2, 0.25) is 0 Å². The molecule has 10 heteroatoms. The Bertz CT molecular complexity index is 991. The third-order valence-electron chi connectivity index (χ3n) is 7.37. The number of nitrogens with zero attached hydrogens (tertiary/aromatic N) is 3. The number of amides is 1. The average molecular weight is 498 g/mol. The van der Waals surface area contributed by atoms with Crippen LogP contribution in [0.3, 0.4) is 0 Å². The molecule has 1 unspecified atom stereocenters. The van der Waals surface area contributed by atoms with E-state index < -0.39 is 11.8 Å². The highest BCUT2D eigenvalue weighted by Gasteiger charge is 2.45. The van der Waals surface area contributed by atoms with Crippen LogP contribution in [0.1, 0.15) is 94.3 Å². The molecule has 2 heterocycles. The summed E-state index contributed by atoms with van der Waals surface area (Å²) in [6.07, 6.45) is 10.4. The number of alkyl halides is 4. The van der Waals surface area contributed by atoms with E-state index in [4.69, 9.17) is 5.73 Å². The Morgan fingerprint density at radius 3 is 2.34 bits per heavy atom. The molecule has 2 aromatic rings. The molecular formula is C25H35F4N5O. The fourth-order valence-electron chi connectivity index (χ4n) is 5.08. The van der Waals surface area contributed by atoms with Crippen LogP contribution in [0, 0.1) is 11.8 Å². The summed E-state index contributed by atoms with van der Waals surface area (Å²) < 4.78 is 52.1. The van der Waals surface area contributed by atoms with Crippen molar-refractivity contribution >= 4 is 11.6 Å². The molecule has 1 atom stereocenters. The van der Waals surface area contributed by atoms with Gasteiger partial charge >= 0.3 is 0 Å². The molecule has 0 bridgehead atoms. The van der Waals surface area contributed by atoms with E-state index in [2.05, 4.69) is 15.4 Å². The van der Waals surface area contributed by atoms with Crippen molar-refractivity contribution in [3.8, 4) is 0 Å². The predicted octanol–water partition coefficient (Wildman–Crippen LogP) is 5.56. The van der Waals surface area contributed by atoms with Gasteiger partial charge in [0.05, 0.1) is 24.1 Å². The first-order valence-corrected chi connectivity index (χ1v) is 12.7. The van der Waals surface area contributed by atoms with Crippen molar-refractivity contribution in [2.45, 2.75) is 101 Å². The highest BCUT2D eigenvalue weighted by molar-refractivity contribution is 5.77. The molecule has 3 N–H and O–H groups in total. The number of fused-ring (bicyclic) bond motifs is 1. The topological polar surface area (TPSA) is 85.3 Å². The smallest absolute Gasteiger partial charge is 0.248 e. The minimum Gasteiger partial charge on any atom is -0.349 e. The molecule has 1 amide bonds. The van der Waals surface area contributed by atoms with Gasteiger partial charge in [0, 0.05) is 38.6 Å². The summed E-state index contributed by atoms with van der Waals surface area (Å²) in [6, 6.07) is 1.76. The Kier molecular flexibility index (Phi) is 7.98. The maximum absolute atomic E-state index is 13.0. The van der Waals surface area contributed by atoms with Crippen molar-refractivity contribution in [3.63, 3.8) is 0 Å². The molecule has 6 nitrogen and oxygen atoms in total. The minimum atomic E-state index is -2.59. The Morgan fingerprint density at radius 2 is 1.80 bits per heavy atom. The zero-order chi connectivity index (χ0) is 25.1. The molecule has 3 saturated carbocycles. The predicted molar refractivity (Wildman–Crippen MR) is 124 cm³/mol. The Labute approximate surface area is 203 Å². The lowest BCUT2D eigenvalue weighted by molar-refractivity contribution is -0.134. The summed E-state index contributed by atoms with van der Waals surface area (Å²) in [5.74, 6) is -4.71. The van der Waals surface area contributed by atoms with E-state index >= 15 is 0 Å². The van der Waals surface area contributed by atoms with Crippen molar-refractivity contribution < 1.29 is 22.4 Å². The summed E-state index contributed by atoms with van der Waals surface area (Å²) in [5.41, 5.74) is 7.99. The molecule has 5 rings (SSSR count). The summed E-state index contributed by atoms with van der Waals surface area (Å²) in [5, 5.41) is 7.44. The number of carbonyl (C=O) groups excluding carboxylic acids is 1. The van der Waals surface area contributed by atoms with Crippen LogP contribution >= 0.6 is 0 Å². The second kappa shape index (κ2) is 10.8. The maximum Gasteiger partial charge on any atom is 0.248 e. The molecule has 3 aliphatic carbocycles. The van der Waals surface area contributed by atoms with Gasteiger partial charge in [0.2, 0.25) is 17.8 Å². The molecule has 0 saturated heterocycles. The van der Waals surface area contributed by atoms with Crippen LogP contribution in [0.4, 0.5) is 17.6 Å². The molecule has 0 aliphatic heterocycles. The molecule has 0 radical (unpaired) electrons. The van der Waals surface area contributed by atoms with E-state index in [0.29, 0.717) is 31.0 Å². The number of imidazole rings is 1. The van der Waals surface area contributed by atoms with E-state index in [1.807, 2.05) is 6.07 Å². The van der Waals surface area contributed by atoms with Gasteiger partial charge in [-0.1, -0.05) is 25.7 Å². The van der Waals surface area contributed by atoms with Crippen LogP contribution in [0.25, 0.3) is 5.65 Å². The third kappa shape index (κ3) is 7.15. The minimum absolute atomic E-state index is 0.118. The second-order valence-corrected chi connectivity index (χ2v) is 10.4. The maximum atomic E-state index is 13.0. The van der Waals surface area contributed by atoms with Crippen LogP contribution < -0.4 is 11.1 Å². The van der Waals surface area contributed by atoms with E-state index in [1.165, 1.54) is 6.42 Å². The van der Waals surface area contributed by atoms with Crippen molar-refractivity contribution in [2.75, 3.05) is 0 Å². The summed E-state index contributed by atoms with van der Waals surface area (Å²) in [7, 11) is 0. The molecule has 0 aromatic carbocycles. The Morgan fingerprint density at radius 1 is 1.09 bits per heavy atom. The fourth-order valence-corrected chi connectivity index (χ4v) is 5.08. The van der Waals surface area contributed by atoms with Gasteiger partial charge in [0.25, 0.3) is 0 Å². The lowest BCUT2D eigenvalue weighted by Gasteiger charge is -2.35. The van der Waals surface area contributed by atoms with Gasteiger partial charge in [-0.15, -0.1) is 0 Å². The lowest BCUT2D eigenvalue weighted by atomic mass is 9.78. The van der Waals surface area contributed by atoms with Gasteiger partial charge in [-0.3, -0.25) is 4.79 Å². The zero-order valence-electron chi connectivity index (χ0n) is 20.0. The fraction of sp³-hybridized carbons (Fsp3) is 0.720. The van der Waals surface area contributed by atoms with Crippen LogP contribution in [-0.4, -0.2) is 32.4 Å². The van der Waals surface area contributed by atoms with E-state index in [1.54, 1.807) is 16.9 Å². The number of nitrogens with one attached hydrogen (secondary N) is 1. The molecule has 194 valence electrons. The summed E-state index contributed by atoms with van der Waals surface area (Å²) >= 11 is 0. The van der Waals surface area contributed by atoms with Crippen molar-refractivity contribution in [3.05, 3.63) is 29.7 Å². The number of nitrogens with two attached hydrogens (primary N) is 1. The highest BCUT2D eigenvalue weighted by Crippen LogP contribution is 2.44. The number of hydrogen-bond donors (Lipinski definition) is 2. The standard InChI is InChI=1S/C19H25F2N5O.C6H10F2/c20-19(21)7-13(8-19)5-18(27)25-16(4-12-2-1-3-12)14-6-17-24-15(9-22)11-26(17)23-10-14;7-6(8)4-2-1-3-5-6/h6,10-13,16H,1-5,7-9,22H2,(H,25,27);1-5H2. The quantitative estimate of drug-likeness (QED) is 0.491. The van der Waals surface area contributed by atoms with E-state index in [9.17, 15) is 22.4 Å². The number of aromatic nitrogens is 3. The van der Waals surface area contributed by atoms with Gasteiger partial charge in [0.1, 0.15) is 0 Å². The molecule has 2 aromatic heterocycles. The van der Waals surface area contributed by atoms with Crippen molar-refractivity contribution in [2.24, 2.45) is 17.6 Å². The lowest BCUT2D eigenvalue weighted by Crippen LogP contribution is -2.39. The first-order valence-electron chi connectivity index (χ1n) is 12.7. The number of halogens is 4. The second-order valence-electron chi connectivity index (χ2n) is 10.4. The average Bonchev–Trinajstić information content (AvgIpc) is 3.17. The van der Waals surface area contributed by atoms with Gasteiger partial charge in [-0.25, -0.2) is 27.1 Å². The van der Waals surface area contributed by atoms with Crippen LogP contribution in [0.15, 0.2) is 18.5 Å². The number of rotatable bonds is 7. The molecule has 3 fully saturated rings. The normalized spacial score (nSPS) is 22.4. The molecular weight excluding hydrogens is 462 g/mol. The van der Waals surface area contributed by atoms with Gasteiger partial charge < -0.3 is 11.1 Å². The highest BCUT2D eigenvalue weighted by atomic mass is 19.3. The van der Waals surface area contributed by atoms with Crippen LogP contribution in [0.5, 0.6) is 0 Å². The SMILES string of the molecule is FC1(F)CCCCC1.NCc1cn2ncc(C(CC3CCC3)NC(=O)CC3CC(F)(F)C3)cc2n1. The van der Waals surface area contributed by atoms with E-state index in [0.717, 1.165) is 36.9 Å². The summed E-state index contributed by atoms with van der Waals surface area (Å²) in [6.45, 7) is 0.340. The van der Waals surface area contributed by atoms with Gasteiger partial charge in [-0.05, 0) is 42.7 Å². The number of carbonyl (C=O) groups is 1. The molecule has 3 aliphatic rings. The third-order valence-corrected chi connectivity index (χ3v) is 7.37. The Balaban J connectivity index is 0.000000308. The molecule has 0 spiro atoms. The monoisotopic (exact) mass is 497 g/mol. The number of hydrogen-bond acceptors (Lipinski definition) is 4. The summed E-state index contributed by atoms with van der Waals surface area (Å²) in [4.78, 5) is 16.9. The van der Waals surface area contributed by atoms with Gasteiger partial charge in [-0.2, -0.15) is 5.10 Å². The first-order chi connectivity index (χ1) is 16.6. The van der Waals surface area contributed by atoms with Crippen molar-refractivity contribution in [1.82, 2.24) is 19.9 Å².